The van der Waals surface area contributed by atoms with Gasteiger partial charge in [-0.1, -0.05) is 6.07 Å². The Morgan fingerprint density at radius 2 is 1.52 bits per heavy atom. The van der Waals surface area contributed by atoms with Crippen LogP contribution in [-0.2, 0) is 0 Å². The normalized spacial score (nSPS) is 10.3. The topological polar surface area (TPSA) is 80.6 Å². The van der Waals surface area contributed by atoms with Crippen LogP contribution in [0, 0.1) is 11.6 Å². The highest BCUT2D eigenvalue weighted by molar-refractivity contribution is 5.98. The SMILES string of the molecule is COc1ccc(C(=O)NNC(=O)c2ccc(-c3c(F)cccc3F)o2)cc1. The van der Waals surface area contributed by atoms with Crippen molar-refractivity contribution in [3.63, 3.8) is 0 Å². The van der Waals surface area contributed by atoms with Crippen molar-refractivity contribution < 1.29 is 27.5 Å². The van der Waals surface area contributed by atoms with E-state index in [0.29, 0.717) is 11.3 Å². The zero-order valence-corrected chi connectivity index (χ0v) is 14.1. The number of amides is 2. The Kier molecular flexibility index (Phi) is 5.16. The van der Waals surface area contributed by atoms with E-state index in [-0.39, 0.29) is 17.1 Å². The van der Waals surface area contributed by atoms with Gasteiger partial charge in [0.15, 0.2) is 5.76 Å². The Balaban J connectivity index is 1.66. The first kappa shape index (κ1) is 18.1. The molecule has 138 valence electrons. The molecule has 0 radical (unpaired) electrons. The van der Waals surface area contributed by atoms with Gasteiger partial charge in [0, 0.05) is 5.56 Å². The summed E-state index contributed by atoms with van der Waals surface area (Å²) in [6, 6.07) is 12.1. The van der Waals surface area contributed by atoms with E-state index in [1.54, 1.807) is 12.1 Å². The molecule has 0 aliphatic carbocycles. The smallest absolute Gasteiger partial charge is 0.305 e. The molecule has 0 aliphatic rings. The van der Waals surface area contributed by atoms with Gasteiger partial charge in [-0.15, -0.1) is 0 Å². The van der Waals surface area contributed by atoms with E-state index in [2.05, 4.69) is 10.9 Å². The summed E-state index contributed by atoms with van der Waals surface area (Å²) in [6.07, 6.45) is 0. The van der Waals surface area contributed by atoms with Crippen molar-refractivity contribution in [3.05, 3.63) is 77.6 Å². The highest BCUT2D eigenvalue weighted by atomic mass is 19.1. The van der Waals surface area contributed by atoms with Crippen molar-refractivity contribution in [3.8, 4) is 17.1 Å². The van der Waals surface area contributed by atoms with Gasteiger partial charge in [-0.05, 0) is 48.5 Å². The number of furan rings is 1. The fourth-order valence-corrected chi connectivity index (χ4v) is 2.32. The maximum atomic E-state index is 13.8. The second-order valence-electron chi connectivity index (χ2n) is 5.40. The van der Waals surface area contributed by atoms with Crippen molar-refractivity contribution >= 4 is 11.8 Å². The van der Waals surface area contributed by atoms with Gasteiger partial charge in [-0.2, -0.15) is 0 Å². The van der Waals surface area contributed by atoms with Crippen molar-refractivity contribution in [2.45, 2.75) is 0 Å². The van der Waals surface area contributed by atoms with E-state index in [1.165, 1.54) is 37.4 Å². The highest BCUT2D eigenvalue weighted by Crippen LogP contribution is 2.27. The molecule has 1 aromatic heterocycles. The van der Waals surface area contributed by atoms with Gasteiger partial charge in [0.25, 0.3) is 5.91 Å². The number of ether oxygens (including phenoxy) is 1. The van der Waals surface area contributed by atoms with Crippen molar-refractivity contribution in [1.29, 1.82) is 0 Å². The van der Waals surface area contributed by atoms with E-state index >= 15 is 0 Å². The molecule has 0 fully saturated rings. The lowest BCUT2D eigenvalue weighted by Crippen LogP contribution is -2.41. The Morgan fingerprint density at radius 1 is 0.889 bits per heavy atom. The number of hydrogen-bond acceptors (Lipinski definition) is 4. The number of carbonyl (C=O) groups excluding carboxylic acids is 2. The largest absolute Gasteiger partial charge is 0.497 e. The summed E-state index contributed by atoms with van der Waals surface area (Å²) in [5.41, 5.74) is 4.31. The number of benzene rings is 2. The summed E-state index contributed by atoms with van der Waals surface area (Å²) in [4.78, 5) is 24.1. The minimum atomic E-state index is -0.816. The number of hydrazine groups is 1. The molecule has 27 heavy (non-hydrogen) atoms. The lowest BCUT2D eigenvalue weighted by Gasteiger charge is -2.07. The van der Waals surface area contributed by atoms with Crippen LogP contribution in [0.3, 0.4) is 0 Å². The number of nitrogens with one attached hydrogen (secondary N) is 2. The maximum absolute atomic E-state index is 13.8. The van der Waals surface area contributed by atoms with Crippen molar-refractivity contribution in [2.24, 2.45) is 0 Å². The first-order valence-corrected chi connectivity index (χ1v) is 7.78. The molecule has 3 rings (SSSR count). The number of rotatable bonds is 4. The molecular formula is C19H14F2N2O4. The van der Waals surface area contributed by atoms with Crippen LogP contribution in [0.2, 0.25) is 0 Å². The van der Waals surface area contributed by atoms with Crippen LogP contribution >= 0.6 is 0 Å². The first-order valence-electron chi connectivity index (χ1n) is 7.78. The molecule has 6 nitrogen and oxygen atoms in total. The molecule has 0 atom stereocenters. The molecule has 0 spiro atoms. The van der Waals surface area contributed by atoms with Crippen LogP contribution in [0.5, 0.6) is 5.75 Å². The lowest BCUT2D eigenvalue weighted by molar-refractivity contribution is 0.0831. The van der Waals surface area contributed by atoms with Crippen molar-refractivity contribution in [2.75, 3.05) is 7.11 Å². The van der Waals surface area contributed by atoms with E-state index in [1.807, 2.05) is 0 Å². The Labute approximate surface area is 152 Å². The number of halogens is 2. The standard InChI is InChI=1S/C19H14F2N2O4/c1-26-12-7-5-11(6-8-12)18(24)22-23-19(25)16-10-9-15(27-16)17-13(20)3-2-4-14(17)21/h2-10H,1H3,(H,22,24)(H,23,25). The molecule has 2 amide bonds. The lowest BCUT2D eigenvalue weighted by atomic mass is 10.1. The van der Waals surface area contributed by atoms with Gasteiger partial charge >= 0.3 is 5.91 Å². The van der Waals surface area contributed by atoms with Gasteiger partial charge in [0.1, 0.15) is 23.1 Å². The average molecular weight is 372 g/mol. The molecule has 3 aromatic rings. The fourth-order valence-electron chi connectivity index (χ4n) is 2.32. The van der Waals surface area contributed by atoms with Crippen LogP contribution in [0.15, 0.2) is 59.0 Å². The second-order valence-corrected chi connectivity index (χ2v) is 5.40. The average Bonchev–Trinajstić information content (AvgIpc) is 3.15. The van der Waals surface area contributed by atoms with Crippen molar-refractivity contribution in [1.82, 2.24) is 10.9 Å². The van der Waals surface area contributed by atoms with Gasteiger partial charge in [0.2, 0.25) is 0 Å². The second kappa shape index (κ2) is 7.69. The monoisotopic (exact) mass is 372 g/mol. The molecule has 0 aliphatic heterocycles. The Hall–Kier alpha value is -3.68. The Morgan fingerprint density at radius 3 is 2.15 bits per heavy atom. The number of carbonyl (C=O) groups is 2. The van der Waals surface area contributed by atoms with E-state index < -0.39 is 23.4 Å². The highest BCUT2D eigenvalue weighted by Gasteiger charge is 2.18. The summed E-state index contributed by atoms with van der Waals surface area (Å²) in [5, 5.41) is 0. The molecule has 0 saturated heterocycles. The van der Waals surface area contributed by atoms with Gasteiger partial charge in [0.05, 0.1) is 12.7 Å². The van der Waals surface area contributed by atoms with Crippen LogP contribution < -0.4 is 15.6 Å². The van der Waals surface area contributed by atoms with Gasteiger partial charge < -0.3 is 9.15 Å². The van der Waals surface area contributed by atoms with Gasteiger partial charge in [-0.3, -0.25) is 20.4 Å². The molecule has 1 heterocycles. The molecule has 0 unspecified atom stereocenters. The summed E-state index contributed by atoms with van der Waals surface area (Å²) in [5.74, 6) is -2.75. The summed E-state index contributed by atoms with van der Waals surface area (Å²) in [7, 11) is 1.50. The predicted octanol–water partition coefficient (Wildman–Crippen LogP) is 3.31. The molecule has 2 aromatic carbocycles. The minimum absolute atomic E-state index is 0.141. The van der Waals surface area contributed by atoms with Crippen LogP contribution in [0.4, 0.5) is 8.78 Å². The molecule has 0 bridgehead atoms. The molecule has 2 N–H and O–H groups in total. The quantitative estimate of drug-likeness (QED) is 0.689. The zero-order valence-electron chi connectivity index (χ0n) is 14.1. The number of hydrogen-bond donors (Lipinski definition) is 2. The molecular weight excluding hydrogens is 358 g/mol. The number of methoxy groups -OCH3 is 1. The third-order valence-electron chi connectivity index (χ3n) is 3.68. The van der Waals surface area contributed by atoms with Crippen LogP contribution in [-0.4, -0.2) is 18.9 Å². The maximum Gasteiger partial charge on any atom is 0.305 e. The fraction of sp³-hybridized carbons (Fsp3) is 0.0526. The molecule has 0 saturated carbocycles. The summed E-state index contributed by atoms with van der Waals surface area (Å²) in [6.45, 7) is 0. The third kappa shape index (κ3) is 3.95. The molecule has 8 heteroatoms. The minimum Gasteiger partial charge on any atom is -0.497 e. The summed E-state index contributed by atoms with van der Waals surface area (Å²) < 4.78 is 37.7. The first-order chi connectivity index (χ1) is 13.0. The zero-order chi connectivity index (χ0) is 19.4. The van der Waals surface area contributed by atoms with E-state index in [4.69, 9.17) is 9.15 Å². The Bertz CT molecular complexity index is 963. The van der Waals surface area contributed by atoms with E-state index in [0.717, 1.165) is 12.1 Å². The van der Waals surface area contributed by atoms with Gasteiger partial charge in [-0.25, -0.2) is 8.78 Å². The van der Waals surface area contributed by atoms with E-state index in [9.17, 15) is 18.4 Å². The van der Waals surface area contributed by atoms with Crippen LogP contribution in [0.1, 0.15) is 20.9 Å². The third-order valence-corrected chi connectivity index (χ3v) is 3.68. The predicted molar refractivity (Wildman–Crippen MR) is 92.0 cm³/mol. The summed E-state index contributed by atoms with van der Waals surface area (Å²) >= 11 is 0. The van der Waals surface area contributed by atoms with Crippen LogP contribution in [0.25, 0.3) is 11.3 Å².